The average Bonchev–Trinajstić information content (AvgIpc) is 3.10. The topological polar surface area (TPSA) is 128 Å². The van der Waals surface area contributed by atoms with Gasteiger partial charge in [-0.1, -0.05) is 23.4 Å². The zero-order chi connectivity index (χ0) is 19.4. The standard InChI is InChI=1S/C16H13ClN4O4S2/c17-11-3-5-12(6-4-11)19-14(22)9-26-16-21-20-15(25-16)10-1-7-13(8-2-10)27(18,23)24/h1-8H,9H2,(H,19,22)(H2,18,23,24). The lowest BCUT2D eigenvalue weighted by Crippen LogP contribution is -2.13. The number of carbonyl (C=O) groups is 1. The molecule has 0 fully saturated rings. The van der Waals surface area contributed by atoms with Crippen LogP contribution in [-0.4, -0.2) is 30.3 Å². The van der Waals surface area contributed by atoms with Crippen LogP contribution >= 0.6 is 23.4 Å². The van der Waals surface area contributed by atoms with E-state index in [2.05, 4.69) is 15.5 Å². The van der Waals surface area contributed by atoms with Gasteiger partial charge in [-0.05, 0) is 48.5 Å². The Hall–Kier alpha value is -2.40. The molecule has 1 heterocycles. The largest absolute Gasteiger partial charge is 0.411 e. The van der Waals surface area contributed by atoms with Crippen LogP contribution in [0.1, 0.15) is 0 Å². The fourth-order valence-corrected chi connectivity index (χ4v) is 3.23. The second-order valence-electron chi connectivity index (χ2n) is 5.29. The first-order valence-corrected chi connectivity index (χ1v) is 10.4. The summed E-state index contributed by atoms with van der Waals surface area (Å²) in [4.78, 5) is 11.9. The number of hydrogen-bond acceptors (Lipinski definition) is 7. The molecule has 27 heavy (non-hydrogen) atoms. The quantitative estimate of drug-likeness (QED) is 0.582. The van der Waals surface area contributed by atoms with Gasteiger partial charge in [0.05, 0.1) is 10.6 Å². The molecule has 0 spiro atoms. The first-order chi connectivity index (χ1) is 12.8. The highest BCUT2D eigenvalue weighted by atomic mass is 35.5. The molecule has 0 bridgehead atoms. The number of thioether (sulfide) groups is 1. The van der Waals surface area contributed by atoms with Crippen molar-refractivity contribution in [2.75, 3.05) is 11.1 Å². The van der Waals surface area contributed by atoms with E-state index in [0.29, 0.717) is 16.3 Å². The van der Waals surface area contributed by atoms with Crippen LogP contribution in [0.15, 0.2) is 63.1 Å². The molecule has 140 valence electrons. The van der Waals surface area contributed by atoms with E-state index < -0.39 is 10.0 Å². The molecule has 0 aliphatic rings. The number of aromatic nitrogens is 2. The Bertz CT molecular complexity index is 1050. The van der Waals surface area contributed by atoms with Crippen molar-refractivity contribution in [3.63, 3.8) is 0 Å². The first kappa shape index (κ1) is 19.4. The maximum atomic E-state index is 12.0. The van der Waals surface area contributed by atoms with Crippen molar-refractivity contribution in [3.05, 3.63) is 53.6 Å². The van der Waals surface area contributed by atoms with Gasteiger partial charge < -0.3 is 9.73 Å². The molecule has 0 saturated carbocycles. The molecule has 3 rings (SSSR count). The fourth-order valence-electron chi connectivity index (χ4n) is 2.03. The lowest BCUT2D eigenvalue weighted by Gasteiger charge is -2.03. The van der Waals surface area contributed by atoms with Crippen molar-refractivity contribution in [2.24, 2.45) is 5.14 Å². The minimum Gasteiger partial charge on any atom is -0.411 e. The highest BCUT2D eigenvalue weighted by Crippen LogP contribution is 2.24. The zero-order valence-electron chi connectivity index (χ0n) is 13.6. The number of rotatable bonds is 6. The molecule has 1 amide bonds. The van der Waals surface area contributed by atoms with Gasteiger partial charge in [0.1, 0.15) is 0 Å². The smallest absolute Gasteiger partial charge is 0.277 e. The first-order valence-electron chi connectivity index (χ1n) is 7.46. The number of benzene rings is 2. The van der Waals surface area contributed by atoms with E-state index in [9.17, 15) is 13.2 Å². The Labute approximate surface area is 164 Å². The minimum atomic E-state index is -3.77. The predicted molar refractivity (Wildman–Crippen MR) is 102 cm³/mol. The molecule has 1 aromatic heterocycles. The van der Waals surface area contributed by atoms with Crippen molar-refractivity contribution in [3.8, 4) is 11.5 Å². The fraction of sp³-hybridized carbons (Fsp3) is 0.0625. The molecule has 2 aromatic carbocycles. The van der Waals surface area contributed by atoms with Gasteiger partial charge in [-0.2, -0.15) is 0 Å². The zero-order valence-corrected chi connectivity index (χ0v) is 16.0. The number of halogens is 1. The highest BCUT2D eigenvalue weighted by molar-refractivity contribution is 7.99. The SMILES string of the molecule is NS(=O)(=O)c1ccc(-c2nnc(SCC(=O)Nc3ccc(Cl)cc3)o2)cc1. The maximum Gasteiger partial charge on any atom is 0.277 e. The summed E-state index contributed by atoms with van der Waals surface area (Å²) in [6, 6.07) is 12.5. The summed E-state index contributed by atoms with van der Waals surface area (Å²) in [5.74, 6) is 0.0467. The van der Waals surface area contributed by atoms with E-state index in [4.69, 9.17) is 21.2 Å². The van der Waals surface area contributed by atoms with E-state index in [0.717, 1.165) is 11.8 Å². The van der Waals surface area contributed by atoms with Crippen molar-refractivity contribution >= 4 is 45.0 Å². The van der Waals surface area contributed by atoms with Crippen LogP contribution in [-0.2, 0) is 14.8 Å². The molecule has 0 radical (unpaired) electrons. The summed E-state index contributed by atoms with van der Waals surface area (Å²) in [7, 11) is -3.77. The lowest BCUT2D eigenvalue weighted by molar-refractivity contribution is -0.113. The molecule has 11 heteroatoms. The van der Waals surface area contributed by atoms with Gasteiger partial charge >= 0.3 is 0 Å². The van der Waals surface area contributed by atoms with Gasteiger partial charge in [0.15, 0.2) is 0 Å². The van der Waals surface area contributed by atoms with Crippen LogP contribution < -0.4 is 10.5 Å². The lowest BCUT2D eigenvalue weighted by atomic mass is 10.2. The minimum absolute atomic E-state index is 0.0146. The third-order valence-electron chi connectivity index (χ3n) is 3.29. The van der Waals surface area contributed by atoms with Gasteiger partial charge in [-0.15, -0.1) is 10.2 Å². The van der Waals surface area contributed by atoms with E-state index in [1.807, 2.05) is 0 Å². The van der Waals surface area contributed by atoms with E-state index in [-0.39, 0.29) is 27.7 Å². The van der Waals surface area contributed by atoms with E-state index in [1.165, 1.54) is 24.3 Å². The van der Waals surface area contributed by atoms with E-state index >= 15 is 0 Å². The Morgan fingerprint density at radius 1 is 1.11 bits per heavy atom. The monoisotopic (exact) mass is 424 g/mol. The Balaban J connectivity index is 1.59. The third-order valence-corrected chi connectivity index (χ3v) is 5.29. The molecule has 8 nitrogen and oxygen atoms in total. The van der Waals surface area contributed by atoms with Gasteiger partial charge in [0.2, 0.25) is 21.8 Å². The molecule has 0 saturated heterocycles. The molecular weight excluding hydrogens is 412 g/mol. The summed E-state index contributed by atoms with van der Waals surface area (Å²) in [6.07, 6.45) is 0. The normalized spacial score (nSPS) is 11.3. The van der Waals surface area contributed by atoms with Crippen LogP contribution in [0.5, 0.6) is 0 Å². The Kier molecular flexibility index (Phi) is 5.80. The van der Waals surface area contributed by atoms with Crippen LogP contribution in [0.4, 0.5) is 5.69 Å². The summed E-state index contributed by atoms with van der Waals surface area (Å²) in [6.45, 7) is 0. The highest BCUT2D eigenvalue weighted by Gasteiger charge is 2.13. The second-order valence-corrected chi connectivity index (χ2v) is 8.21. The van der Waals surface area contributed by atoms with Crippen molar-refractivity contribution in [1.82, 2.24) is 10.2 Å². The van der Waals surface area contributed by atoms with Gasteiger partial charge in [0, 0.05) is 16.3 Å². The molecular formula is C16H13ClN4O4S2. The van der Waals surface area contributed by atoms with Gasteiger partial charge in [-0.3, -0.25) is 4.79 Å². The second kappa shape index (κ2) is 8.09. The van der Waals surface area contributed by atoms with E-state index in [1.54, 1.807) is 24.3 Å². The average molecular weight is 425 g/mol. The molecule has 3 N–H and O–H groups in total. The number of amides is 1. The summed E-state index contributed by atoms with van der Waals surface area (Å²) in [5, 5.41) is 16.3. The van der Waals surface area contributed by atoms with Crippen molar-refractivity contribution < 1.29 is 17.6 Å². The van der Waals surface area contributed by atoms with Crippen LogP contribution in [0.2, 0.25) is 5.02 Å². The number of carbonyl (C=O) groups excluding carboxylic acids is 1. The van der Waals surface area contributed by atoms with Crippen molar-refractivity contribution in [1.29, 1.82) is 0 Å². The predicted octanol–water partition coefficient (Wildman–Crippen LogP) is 2.77. The number of nitrogens with zero attached hydrogens (tertiary/aromatic N) is 2. The Morgan fingerprint density at radius 2 is 1.78 bits per heavy atom. The van der Waals surface area contributed by atoms with Gasteiger partial charge in [0.25, 0.3) is 5.22 Å². The van der Waals surface area contributed by atoms with Gasteiger partial charge in [-0.25, -0.2) is 13.6 Å². The number of hydrogen-bond donors (Lipinski definition) is 2. The summed E-state index contributed by atoms with van der Waals surface area (Å²) in [5.41, 5.74) is 1.17. The van der Waals surface area contributed by atoms with Crippen LogP contribution in [0.3, 0.4) is 0 Å². The van der Waals surface area contributed by atoms with Crippen molar-refractivity contribution in [2.45, 2.75) is 10.1 Å². The van der Waals surface area contributed by atoms with Crippen LogP contribution in [0, 0.1) is 0 Å². The molecule has 0 aliphatic heterocycles. The maximum absolute atomic E-state index is 12.0. The number of nitrogens with one attached hydrogen (secondary N) is 1. The number of anilines is 1. The molecule has 0 unspecified atom stereocenters. The molecule has 0 aliphatic carbocycles. The Morgan fingerprint density at radius 3 is 2.41 bits per heavy atom. The third kappa shape index (κ3) is 5.30. The number of sulfonamides is 1. The number of primary sulfonamides is 1. The molecule has 0 atom stereocenters. The summed E-state index contributed by atoms with van der Waals surface area (Å²) < 4.78 is 28.0. The molecule has 3 aromatic rings. The number of nitrogens with two attached hydrogens (primary N) is 1. The van der Waals surface area contributed by atoms with Crippen LogP contribution in [0.25, 0.3) is 11.5 Å². The summed E-state index contributed by atoms with van der Waals surface area (Å²) >= 11 is 6.87.